The van der Waals surface area contributed by atoms with Crippen molar-refractivity contribution in [3.63, 3.8) is 0 Å². The molecule has 0 aliphatic carbocycles. The van der Waals surface area contributed by atoms with Gasteiger partial charge in [-0.05, 0) is 30.3 Å². The third-order valence-corrected chi connectivity index (χ3v) is 4.17. The quantitative estimate of drug-likeness (QED) is 0.543. The second kappa shape index (κ2) is 6.45. The zero-order valence-corrected chi connectivity index (χ0v) is 14.2. The monoisotopic (exact) mass is 362 g/mol. The number of hydrogen-bond donors (Lipinski definition) is 2. The first-order valence-corrected chi connectivity index (χ1v) is 8.08. The maximum Gasteiger partial charge on any atom is 0.349 e. The lowest BCUT2D eigenvalue weighted by Gasteiger charge is -2.08. The van der Waals surface area contributed by atoms with E-state index in [1.165, 1.54) is 13.2 Å². The van der Waals surface area contributed by atoms with Crippen LogP contribution in [0.3, 0.4) is 0 Å². The summed E-state index contributed by atoms with van der Waals surface area (Å²) in [7, 11) is 1.54. The number of aromatic nitrogens is 2. The van der Waals surface area contributed by atoms with Crippen LogP contribution in [0, 0.1) is 0 Å². The second-order valence-electron chi connectivity index (χ2n) is 5.83. The summed E-state index contributed by atoms with van der Waals surface area (Å²) in [5.41, 5.74) is -0.205. The molecule has 0 spiro atoms. The van der Waals surface area contributed by atoms with Crippen LogP contribution in [0.1, 0.15) is 0 Å². The standard InChI is InChI=1S/C20H14N2O5/c1-26-12-6-4-5-11(9-12)14-10-15(22-20(25)21-14)17-18(23)13-7-2-3-8-16(13)27-19(17)24/h2-10,23H,1H3,(H,21,22,25). The summed E-state index contributed by atoms with van der Waals surface area (Å²) >= 11 is 0. The Kier molecular flexibility index (Phi) is 3.97. The number of para-hydroxylation sites is 1. The van der Waals surface area contributed by atoms with E-state index in [0.29, 0.717) is 22.4 Å². The molecule has 0 fully saturated rings. The molecule has 0 unspecified atom stereocenters. The lowest BCUT2D eigenvalue weighted by Crippen LogP contribution is -2.14. The minimum atomic E-state index is -0.760. The number of aromatic amines is 1. The van der Waals surface area contributed by atoms with E-state index in [1.807, 2.05) is 0 Å². The van der Waals surface area contributed by atoms with E-state index in [-0.39, 0.29) is 22.6 Å². The van der Waals surface area contributed by atoms with E-state index >= 15 is 0 Å². The molecule has 2 aromatic heterocycles. The Morgan fingerprint density at radius 1 is 1.07 bits per heavy atom. The van der Waals surface area contributed by atoms with Crippen molar-refractivity contribution in [3.05, 3.63) is 75.5 Å². The predicted molar refractivity (Wildman–Crippen MR) is 100.0 cm³/mol. The van der Waals surface area contributed by atoms with Crippen LogP contribution in [0.15, 0.2) is 68.6 Å². The van der Waals surface area contributed by atoms with Gasteiger partial charge in [-0.3, -0.25) is 0 Å². The highest BCUT2D eigenvalue weighted by Gasteiger charge is 2.18. The van der Waals surface area contributed by atoms with Gasteiger partial charge in [-0.15, -0.1) is 0 Å². The summed E-state index contributed by atoms with van der Waals surface area (Å²) < 4.78 is 10.5. The van der Waals surface area contributed by atoms with Crippen LogP contribution in [0.5, 0.6) is 11.5 Å². The van der Waals surface area contributed by atoms with E-state index in [0.717, 1.165) is 0 Å². The van der Waals surface area contributed by atoms with E-state index in [2.05, 4.69) is 9.97 Å². The minimum absolute atomic E-state index is 0.116. The van der Waals surface area contributed by atoms with Gasteiger partial charge in [0.1, 0.15) is 22.6 Å². The Hall–Kier alpha value is -3.87. The lowest BCUT2D eigenvalue weighted by molar-refractivity contribution is 0.415. The van der Waals surface area contributed by atoms with Gasteiger partial charge in [0.25, 0.3) is 0 Å². The molecule has 0 saturated heterocycles. The zero-order valence-electron chi connectivity index (χ0n) is 14.2. The first-order valence-electron chi connectivity index (χ1n) is 8.08. The van der Waals surface area contributed by atoms with Crippen molar-refractivity contribution in [3.8, 4) is 34.0 Å². The summed E-state index contributed by atoms with van der Waals surface area (Å²) in [5, 5.41) is 11.0. The molecule has 4 rings (SSSR count). The number of hydrogen-bond acceptors (Lipinski definition) is 6. The highest BCUT2D eigenvalue weighted by molar-refractivity contribution is 5.89. The molecule has 0 atom stereocenters. The maximum absolute atomic E-state index is 12.4. The Labute approximate surface area is 152 Å². The highest BCUT2D eigenvalue weighted by Crippen LogP contribution is 2.32. The highest BCUT2D eigenvalue weighted by atomic mass is 16.5. The third kappa shape index (κ3) is 2.95. The number of H-pyrrole nitrogens is 1. The molecule has 0 amide bonds. The molecular formula is C20H14N2O5. The van der Waals surface area contributed by atoms with E-state index < -0.39 is 11.3 Å². The molecule has 0 saturated carbocycles. The molecule has 2 aromatic carbocycles. The molecular weight excluding hydrogens is 348 g/mol. The fourth-order valence-corrected chi connectivity index (χ4v) is 2.89. The van der Waals surface area contributed by atoms with Gasteiger partial charge >= 0.3 is 11.3 Å². The van der Waals surface area contributed by atoms with Crippen LogP contribution < -0.4 is 16.1 Å². The van der Waals surface area contributed by atoms with Crippen molar-refractivity contribution in [2.75, 3.05) is 7.11 Å². The molecule has 0 aliphatic heterocycles. The van der Waals surface area contributed by atoms with Crippen molar-refractivity contribution >= 4 is 11.0 Å². The summed E-state index contributed by atoms with van der Waals surface area (Å²) in [4.78, 5) is 30.9. The van der Waals surface area contributed by atoms with Crippen molar-refractivity contribution in [2.24, 2.45) is 0 Å². The Bertz CT molecular complexity index is 1270. The van der Waals surface area contributed by atoms with Gasteiger partial charge in [-0.25, -0.2) is 9.59 Å². The fourth-order valence-electron chi connectivity index (χ4n) is 2.89. The Morgan fingerprint density at radius 3 is 2.70 bits per heavy atom. The molecule has 2 N–H and O–H groups in total. The van der Waals surface area contributed by atoms with Gasteiger partial charge in [0.05, 0.1) is 23.9 Å². The third-order valence-electron chi connectivity index (χ3n) is 4.17. The van der Waals surface area contributed by atoms with Gasteiger partial charge < -0.3 is 19.2 Å². The topological polar surface area (TPSA) is 105 Å². The second-order valence-corrected chi connectivity index (χ2v) is 5.83. The number of nitrogens with zero attached hydrogens (tertiary/aromatic N) is 1. The minimum Gasteiger partial charge on any atom is -0.506 e. The molecule has 4 aromatic rings. The van der Waals surface area contributed by atoms with Crippen molar-refractivity contribution in [2.45, 2.75) is 0 Å². The van der Waals surface area contributed by atoms with E-state index in [1.54, 1.807) is 48.5 Å². The van der Waals surface area contributed by atoms with Crippen molar-refractivity contribution in [1.82, 2.24) is 9.97 Å². The summed E-state index contributed by atoms with van der Waals surface area (Å²) in [6, 6.07) is 15.1. The molecule has 0 radical (unpaired) electrons. The normalized spacial score (nSPS) is 10.9. The average Bonchev–Trinajstić information content (AvgIpc) is 2.67. The number of aromatic hydroxyl groups is 1. The van der Waals surface area contributed by atoms with Crippen LogP contribution in [0.2, 0.25) is 0 Å². The number of fused-ring (bicyclic) bond motifs is 1. The van der Waals surface area contributed by atoms with Gasteiger partial charge in [0.2, 0.25) is 0 Å². The van der Waals surface area contributed by atoms with Gasteiger partial charge in [0.15, 0.2) is 0 Å². The van der Waals surface area contributed by atoms with Gasteiger partial charge in [0, 0.05) is 5.56 Å². The molecule has 7 heteroatoms. The largest absolute Gasteiger partial charge is 0.506 e. The summed E-state index contributed by atoms with van der Waals surface area (Å²) in [6.07, 6.45) is 0. The van der Waals surface area contributed by atoms with Gasteiger partial charge in [-0.1, -0.05) is 24.3 Å². The maximum atomic E-state index is 12.4. The van der Waals surface area contributed by atoms with Crippen LogP contribution in [0.4, 0.5) is 0 Å². The van der Waals surface area contributed by atoms with Crippen LogP contribution in [-0.4, -0.2) is 22.2 Å². The first kappa shape index (κ1) is 16.6. The van der Waals surface area contributed by atoms with Crippen LogP contribution in [0.25, 0.3) is 33.5 Å². The molecule has 134 valence electrons. The Morgan fingerprint density at radius 2 is 1.89 bits per heavy atom. The molecule has 0 bridgehead atoms. The van der Waals surface area contributed by atoms with Crippen molar-refractivity contribution < 1.29 is 14.3 Å². The van der Waals surface area contributed by atoms with Crippen molar-refractivity contribution in [1.29, 1.82) is 0 Å². The number of methoxy groups -OCH3 is 1. The molecule has 0 aliphatic rings. The molecule has 2 heterocycles. The lowest BCUT2D eigenvalue weighted by atomic mass is 10.1. The molecule has 7 nitrogen and oxygen atoms in total. The predicted octanol–water partition coefficient (Wildman–Crippen LogP) is 2.92. The van der Waals surface area contributed by atoms with E-state index in [4.69, 9.17) is 9.15 Å². The number of benzene rings is 2. The summed E-state index contributed by atoms with van der Waals surface area (Å²) in [5.74, 6) is 0.337. The average molecular weight is 362 g/mol. The fraction of sp³-hybridized carbons (Fsp3) is 0.0500. The van der Waals surface area contributed by atoms with E-state index in [9.17, 15) is 14.7 Å². The number of ether oxygens (including phenoxy) is 1. The first-order chi connectivity index (χ1) is 13.1. The van der Waals surface area contributed by atoms with Gasteiger partial charge in [-0.2, -0.15) is 4.98 Å². The van der Waals surface area contributed by atoms with Crippen LogP contribution in [-0.2, 0) is 0 Å². The summed E-state index contributed by atoms with van der Waals surface area (Å²) in [6.45, 7) is 0. The number of nitrogens with one attached hydrogen (secondary N) is 1. The molecule has 27 heavy (non-hydrogen) atoms. The SMILES string of the molecule is COc1cccc(-c2cc(-c3c(O)c4ccccc4oc3=O)[nH]c(=O)n2)c1. The smallest absolute Gasteiger partial charge is 0.349 e. The Balaban J connectivity index is 1.96. The number of rotatable bonds is 3. The van der Waals surface area contributed by atoms with Crippen LogP contribution >= 0.6 is 0 Å². The zero-order chi connectivity index (χ0) is 19.0.